The summed E-state index contributed by atoms with van der Waals surface area (Å²) in [5.74, 6) is 0.715. The van der Waals surface area contributed by atoms with Crippen LogP contribution in [0.4, 0.5) is 0 Å². The lowest BCUT2D eigenvalue weighted by molar-refractivity contribution is -0.122. The normalized spacial score (nSPS) is 14.8. The highest BCUT2D eigenvalue weighted by Crippen LogP contribution is 2.36. The van der Waals surface area contributed by atoms with E-state index >= 15 is 0 Å². The molecule has 1 aromatic heterocycles. The van der Waals surface area contributed by atoms with E-state index in [1.807, 2.05) is 116 Å². The fourth-order valence-electron chi connectivity index (χ4n) is 3.94. The first-order valence-corrected chi connectivity index (χ1v) is 12.9. The highest BCUT2D eigenvalue weighted by Gasteiger charge is 2.32. The van der Waals surface area contributed by atoms with E-state index in [1.165, 1.54) is 11.8 Å². The molecule has 5 rings (SSSR count). The Labute approximate surface area is 220 Å². The van der Waals surface area contributed by atoms with E-state index in [2.05, 4.69) is 0 Å². The summed E-state index contributed by atoms with van der Waals surface area (Å²) in [4.78, 5) is 15.5. The van der Waals surface area contributed by atoms with Gasteiger partial charge in [0.05, 0.1) is 28.9 Å². The zero-order valence-corrected chi connectivity index (χ0v) is 21.6. The van der Waals surface area contributed by atoms with E-state index in [1.54, 1.807) is 4.90 Å². The summed E-state index contributed by atoms with van der Waals surface area (Å²) in [6, 6.07) is 27.7. The van der Waals surface area contributed by atoms with Gasteiger partial charge in [0.2, 0.25) is 0 Å². The van der Waals surface area contributed by atoms with Gasteiger partial charge in [-0.05, 0) is 61.9 Å². The van der Waals surface area contributed by atoms with Gasteiger partial charge in [0.1, 0.15) is 10.1 Å². The number of benzene rings is 3. The summed E-state index contributed by atoms with van der Waals surface area (Å²) < 4.78 is 8.19. The quantitative estimate of drug-likeness (QED) is 0.203. The van der Waals surface area contributed by atoms with Gasteiger partial charge in [-0.3, -0.25) is 9.69 Å². The molecule has 2 heterocycles. The van der Waals surface area contributed by atoms with Crippen molar-refractivity contribution in [2.45, 2.75) is 26.5 Å². The van der Waals surface area contributed by atoms with Crippen molar-refractivity contribution in [1.29, 1.82) is 0 Å². The topological polar surface area (TPSA) is 47.4 Å². The first kappa shape index (κ1) is 24.0. The number of nitrogens with zero attached hydrogens (tertiary/aromatic N) is 3. The fraction of sp³-hybridized carbons (Fsp3) is 0.138. The van der Waals surface area contributed by atoms with E-state index in [4.69, 9.17) is 22.1 Å². The number of rotatable bonds is 7. The summed E-state index contributed by atoms with van der Waals surface area (Å²) in [6.45, 7) is 4.46. The number of carbonyl (C=O) groups is 1. The molecule has 1 aliphatic rings. The lowest BCUT2D eigenvalue weighted by Gasteiger charge is -2.14. The lowest BCUT2D eigenvalue weighted by atomic mass is 10.1. The number of amides is 1. The Balaban J connectivity index is 1.50. The van der Waals surface area contributed by atoms with Gasteiger partial charge in [0.15, 0.2) is 0 Å². The predicted octanol–water partition coefficient (Wildman–Crippen LogP) is 6.73. The Morgan fingerprint density at radius 3 is 2.31 bits per heavy atom. The van der Waals surface area contributed by atoms with Crippen LogP contribution in [0.1, 0.15) is 25.0 Å². The minimum atomic E-state index is -0.0899. The summed E-state index contributed by atoms with van der Waals surface area (Å²) in [5.41, 5.74) is 4.54. The van der Waals surface area contributed by atoms with Gasteiger partial charge in [-0.15, -0.1) is 0 Å². The molecule has 0 unspecified atom stereocenters. The van der Waals surface area contributed by atoms with Gasteiger partial charge in [-0.25, -0.2) is 4.68 Å². The molecule has 7 heteroatoms. The maximum Gasteiger partial charge on any atom is 0.266 e. The largest absolute Gasteiger partial charge is 0.491 e. The number of hydrogen-bond acceptors (Lipinski definition) is 5. The van der Waals surface area contributed by atoms with Gasteiger partial charge < -0.3 is 4.74 Å². The van der Waals surface area contributed by atoms with Crippen molar-refractivity contribution in [3.63, 3.8) is 0 Å². The van der Waals surface area contributed by atoms with Crippen molar-refractivity contribution in [3.8, 4) is 22.7 Å². The van der Waals surface area contributed by atoms with Crippen molar-refractivity contribution in [3.05, 3.63) is 107 Å². The predicted molar refractivity (Wildman–Crippen MR) is 150 cm³/mol. The molecule has 5 nitrogen and oxygen atoms in total. The molecule has 0 bridgehead atoms. The van der Waals surface area contributed by atoms with Crippen molar-refractivity contribution in [1.82, 2.24) is 14.7 Å². The average molecular weight is 512 g/mol. The molecular weight excluding hydrogens is 486 g/mol. The Morgan fingerprint density at radius 2 is 1.64 bits per heavy atom. The third-order valence-corrected chi connectivity index (χ3v) is 6.98. The molecule has 1 aliphatic heterocycles. The average Bonchev–Trinajstić information content (AvgIpc) is 3.42. The molecule has 36 heavy (non-hydrogen) atoms. The molecule has 1 saturated heterocycles. The van der Waals surface area contributed by atoms with Crippen LogP contribution in [-0.4, -0.2) is 31.0 Å². The number of para-hydroxylation sites is 1. The molecule has 0 atom stereocenters. The third kappa shape index (κ3) is 5.27. The highest BCUT2D eigenvalue weighted by atomic mass is 32.2. The summed E-state index contributed by atoms with van der Waals surface area (Å²) in [5, 5.41) is 4.88. The minimum Gasteiger partial charge on any atom is -0.491 e. The molecule has 1 fully saturated rings. The van der Waals surface area contributed by atoms with Gasteiger partial charge >= 0.3 is 0 Å². The molecule has 1 amide bonds. The Morgan fingerprint density at radius 1 is 0.972 bits per heavy atom. The van der Waals surface area contributed by atoms with Crippen molar-refractivity contribution >= 4 is 40.3 Å². The molecule has 0 radical (unpaired) electrons. The Bertz CT molecular complexity index is 1410. The SMILES string of the molecule is CC(C)Oc1ccc(-c2nn(-c3ccccc3)cc2/C=C2/SC(=S)N(Cc3ccccc3)C2=O)cc1. The standard InChI is InChI=1S/C29H25N3O2S2/c1-20(2)34-25-15-13-22(14-16-25)27-23(19-32(30-27)24-11-7-4-8-12-24)17-26-28(33)31(29(35)36-26)18-21-9-5-3-6-10-21/h3-17,19-20H,18H2,1-2H3/b26-17+. The zero-order valence-electron chi connectivity index (χ0n) is 20.0. The first-order valence-electron chi connectivity index (χ1n) is 11.7. The highest BCUT2D eigenvalue weighted by molar-refractivity contribution is 8.26. The second kappa shape index (κ2) is 10.5. The number of hydrogen-bond donors (Lipinski definition) is 0. The van der Waals surface area contributed by atoms with Crippen LogP contribution >= 0.6 is 24.0 Å². The smallest absolute Gasteiger partial charge is 0.266 e. The summed E-state index contributed by atoms with van der Waals surface area (Å²) in [6.07, 6.45) is 3.94. The number of thiocarbonyl (C=S) groups is 1. The van der Waals surface area contributed by atoms with Crippen LogP contribution < -0.4 is 4.74 Å². The van der Waals surface area contributed by atoms with E-state index in [-0.39, 0.29) is 12.0 Å². The summed E-state index contributed by atoms with van der Waals surface area (Å²) in [7, 11) is 0. The maximum absolute atomic E-state index is 13.3. The van der Waals surface area contributed by atoms with Gasteiger partial charge in [-0.2, -0.15) is 5.10 Å². The van der Waals surface area contributed by atoms with Gasteiger partial charge in [0.25, 0.3) is 5.91 Å². The Kier molecular flexibility index (Phi) is 7.02. The number of carbonyl (C=O) groups excluding carboxylic acids is 1. The first-order chi connectivity index (χ1) is 17.5. The van der Waals surface area contributed by atoms with E-state index < -0.39 is 0 Å². The number of aromatic nitrogens is 2. The van der Waals surface area contributed by atoms with Crippen LogP contribution in [0, 0.1) is 0 Å². The van der Waals surface area contributed by atoms with Gasteiger partial charge in [-0.1, -0.05) is 72.5 Å². The van der Waals surface area contributed by atoms with E-state index in [0.717, 1.165) is 33.8 Å². The van der Waals surface area contributed by atoms with Gasteiger partial charge in [0, 0.05) is 17.3 Å². The zero-order chi connectivity index (χ0) is 25.1. The molecular formula is C29H25N3O2S2. The molecule has 3 aromatic carbocycles. The van der Waals surface area contributed by atoms with Crippen LogP contribution in [0.25, 0.3) is 23.0 Å². The van der Waals surface area contributed by atoms with E-state index in [9.17, 15) is 4.79 Å². The maximum atomic E-state index is 13.3. The molecule has 180 valence electrons. The van der Waals surface area contributed by atoms with Crippen LogP contribution in [0.5, 0.6) is 5.75 Å². The van der Waals surface area contributed by atoms with E-state index in [0.29, 0.717) is 15.8 Å². The second-order valence-electron chi connectivity index (χ2n) is 8.66. The molecule has 0 saturated carbocycles. The Hall–Kier alpha value is -3.68. The number of thioether (sulfide) groups is 1. The van der Waals surface area contributed by atoms with Crippen molar-refractivity contribution < 1.29 is 9.53 Å². The lowest BCUT2D eigenvalue weighted by Crippen LogP contribution is -2.27. The van der Waals surface area contributed by atoms with Crippen LogP contribution in [0.3, 0.4) is 0 Å². The fourth-order valence-corrected chi connectivity index (χ4v) is 5.18. The molecule has 4 aromatic rings. The minimum absolute atomic E-state index is 0.0899. The van der Waals surface area contributed by atoms with Crippen LogP contribution in [0.15, 0.2) is 96.0 Å². The van der Waals surface area contributed by atoms with Crippen LogP contribution in [-0.2, 0) is 11.3 Å². The third-order valence-electron chi connectivity index (χ3n) is 5.61. The van der Waals surface area contributed by atoms with Crippen LogP contribution in [0.2, 0.25) is 0 Å². The number of ether oxygens (including phenoxy) is 1. The molecule has 0 N–H and O–H groups in total. The molecule has 0 aliphatic carbocycles. The van der Waals surface area contributed by atoms with Crippen molar-refractivity contribution in [2.75, 3.05) is 0 Å². The molecule has 0 spiro atoms. The second-order valence-corrected chi connectivity index (χ2v) is 10.3. The summed E-state index contributed by atoms with van der Waals surface area (Å²) >= 11 is 6.89. The monoisotopic (exact) mass is 511 g/mol. The van der Waals surface area contributed by atoms with Crippen molar-refractivity contribution in [2.24, 2.45) is 0 Å².